The predicted molar refractivity (Wildman–Crippen MR) is 152 cm³/mol. The number of ketones is 1. The van der Waals surface area contributed by atoms with Crippen LogP contribution >= 0.6 is 22.9 Å². The van der Waals surface area contributed by atoms with Gasteiger partial charge in [0.25, 0.3) is 0 Å². The lowest BCUT2D eigenvalue weighted by Crippen LogP contribution is -2.41. The number of ether oxygens (including phenoxy) is 1. The molecule has 0 unspecified atom stereocenters. The topological polar surface area (TPSA) is 90.2 Å². The van der Waals surface area contributed by atoms with Crippen LogP contribution < -0.4 is 4.74 Å². The molecule has 4 aromatic rings. The molecule has 3 aromatic heterocycles. The van der Waals surface area contributed by atoms with Crippen molar-refractivity contribution in [3.8, 4) is 28.5 Å². The number of carbonyl (C=O) groups is 2. The first kappa shape index (κ1) is 27.0. The van der Waals surface area contributed by atoms with Crippen molar-refractivity contribution in [2.75, 3.05) is 13.7 Å². The third kappa shape index (κ3) is 6.37. The molecule has 8 nitrogen and oxygen atoms in total. The van der Waals surface area contributed by atoms with Crippen molar-refractivity contribution in [1.29, 1.82) is 0 Å². The van der Waals surface area contributed by atoms with Gasteiger partial charge in [0, 0.05) is 48.9 Å². The minimum absolute atomic E-state index is 0.00956. The fraction of sp³-hybridized carbons (Fsp3) is 0.345. The van der Waals surface area contributed by atoms with Crippen molar-refractivity contribution in [2.45, 2.75) is 51.1 Å². The Morgan fingerprint density at radius 2 is 1.90 bits per heavy atom. The number of thiophene rings is 1. The summed E-state index contributed by atoms with van der Waals surface area (Å²) in [5.74, 6) is 1.82. The van der Waals surface area contributed by atoms with E-state index in [1.54, 1.807) is 19.5 Å². The molecule has 10 heteroatoms. The van der Waals surface area contributed by atoms with Crippen LogP contribution in [0.5, 0.6) is 5.75 Å². The average Bonchev–Trinajstić information content (AvgIpc) is 3.75. The standard InChI is InChI=1S/C29H30ClN5O3S/c1-38-25-10-8-21(19-23(25)30)29-32-28(20-12-14-31-15-13-20)33-35(29)17-16-34(22-5-2-3-6-22)27(37)11-9-24(36)26-7-4-18-39-26/h4,7-8,10,12-15,18-19,22H,2-3,5-6,9,11,16-17H2,1H3. The lowest BCUT2D eigenvalue weighted by molar-refractivity contribution is -0.133. The lowest BCUT2D eigenvalue weighted by Gasteiger charge is -2.29. The van der Waals surface area contributed by atoms with E-state index in [0.717, 1.165) is 36.8 Å². The Morgan fingerprint density at radius 1 is 1.10 bits per heavy atom. The number of benzene rings is 1. The highest BCUT2D eigenvalue weighted by Gasteiger charge is 2.27. The van der Waals surface area contributed by atoms with Gasteiger partial charge >= 0.3 is 0 Å². The molecule has 1 saturated carbocycles. The number of nitrogens with zero attached hydrogens (tertiary/aromatic N) is 5. The summed E-state index contributed by atoms with van der Waals surface area (Å²) < 4.78 is 7.15. The molecule has 0 bridgehead atoms. The number of aromatic nitrogens is 4. The molecule has 1 amide bonds. The Labute approximate surface area is 236 Å². The maximum atomic E-state index is 13.4. The number of hydrogen-bond acceptors (Lipinski definition) is 7. The second kappa shape index (κ2) is 12.5. The molecule has 5 rings (SSSR count). The Kier molecular flexibility index (Phi) is 8.68. The van der Waals surface area contributed by atoms with Gasteiger partial charge in [-0.1, -0.05) is 30.5 Å². The number of amides is 1. The maximum Gasteiger partial charge on any atom is 0.223 e. The van der Waals surface area contributed by atoms with Crippen molar-refractivity contribution < 1.29 is 14.3 Å². The first-order valence-corrected chi connectivity index (χ1v) is 14.3. The molecule has 39 heavy (non-hydrogen) atoms. The molecule has 0 saturated heterocycles. The van der Waals surface area contributed by atoms with Crippen LogP contribution in [0.15, 0.2) is 60.2 Å². The van der Waals surface area contributed by atoms with Gasteiger partial charge in [-0.2, -0.15) is 5.10 Å². The van der Waals surface area contributed by atoms with Gasteiger partial charge in [0.1, 0.15) is 5.75 Å². The summed E-state index contributed by atoms with van der Waals surface area (Å²) in [4.78, 5) is 37.5. The highest BCUT2D eigenvalue weighted by atomic mass is 35.5. The number of pyridine rings is 1. The molecule has 0 aliphatic heterocycles. The third-order valence-electron chi connectivity index (χ3n) is 7.02. The van der Waals surface area contributed by atoms with E-state index in [1.807, 2.05) is 57.4 Å². The molecule has 0 spiro atoms. The molecule has 3 heterocycles. The SMILES string of the molecule is COc1ccc(-c2nc(-c3ccncc3)nn2CCN(C(=O)CCC(=O)c2cccs2)C2CCCC2)cc1Cl. The Bertz CT molecular complexity index is 1420. The summed E-state index contributed by atoms with van der Waals surface area (Å²) in [6.45, 7) is 0.935. The minimum atomic E-state index is 0.00956. The number of methoxy groups -OCH3 is 1. The fourth-order valence-corrected chi connectivity index (χ4v) is 5.95. The summed E-state index contributed by atoms with van der Waals surface area (Å²) in [5.41, 5.74) is 1.65. The maximum absolute atomic E-state index is 13.4. The van der Waals surface area contributed by atoms with Crippen LogP contribution in [0, 0.1) is 0 Å². The van der Waals surface area contributed by atoms with Gasteiger partial charge in [-0.05, 0) is 54.6 Å². The number of Topliss-reactive ketones (excluding diaryl/α,β-unsaturated/α-hetero) is 1. The summed E-state index contributed by atoms with van der Waals surface area (Å²) >= 11 is 7.85. The molecule has 0 atom stereocenters. The Morgan fingerprint density at radius 3 is 2.59 bits per heavy atom. The fourth-order valence-electron chi connectivity index (χ4n) is 4.99. The second-order valence-electron chi connectivity index (χ2n) is 9.49. The van der Waals surface area contributed by atoms with E-state index < -0.39 is 0 Å². The Hall–Kier alpha value is -3.56. The number of halogens is 1. The van der Waals surface area contributed by atoms with Gasteiger partial charge in [0.15, 0.2) is 17.4 Å². The van der Waals surface area contributed by atoms with Crippen molar-refractivity contribution >= 4 is 34.6 Å². The number of rotatable bonds is 11. The highest BCUT2D eigenvalue weighted by molar-refractivity contribution is 7.12. The van der Waals surface area contributed by atoms with Crippen molar-refractivity contribution in [3.63, 3.8) is 0 Å². The molecule has 0 N–H and O–H groups in total. The summed E-state index contributed by atoms with van der Waals surface area (Å²) in [7, 11) is 1.58. The summed E-state index contributed by atoms with van der Waals surface area (Å²) in [6, 6.07) is 13.1. The van der Waals surface area contributed by atoms with Crippen LogP contribution in [-0.2, 0) is 11.3 Å². The number of carbonyl (C=O) groups excluding carboxylic acids is 2. The monoisotopic (exact) mass is 563 g/mol. The molecule has 1 aliphatic carbocycles. The minimum Gasteiger partial charge on any atom is -0.495 e. The quantitative estimate of drug-likeness (QED) is 0.203. The van der Waals surface area contributed by atoms with E-state index in [-0.39, 0.29) is 30.6 Å². The molecule has 0 radical (unpaired) electrons. The van der Waals surface area contributed by atoms with Crippen LogP contribution in [-0.4, -0.2) is 56.0 Å². The zero-order valence-corrected chi connectivity index (χ0v) is 23.3. The number of hydrogen-bond donors (Lipinski definition) is 0. The zero-order chi connectivity index (χ0) is 27.2. The van der Waals surface area contributed by atoms with Crippen LogP contribution in [0.4, 0.5) is 0 Å². The lowest BCUT2D eigenvalue weighted by atomic mass is 10.1. The van der Waals surface area contributed by atoms with Gasteiger partial charge in [0.05, 0.1) is 23.6 Å². The van der Waals surface area contributed by atoms with Crippen LogP contribution in [0.2, 0.25) is 5.02 Å². The van der Waals surface area contributed by atoms with E-state index in [4.69, 9.17) is 26.4 Å². The van der Waals surface area contributed by atoms with Gasteiger partial charge in [-0.15, -0.1) is 11.3 Å². The summed E-state index contributed by atoms with van der Waals surface area (Å²) in [5, 5.41) is 7.17. The van der Waals surface area contributed by atoms with Crippen LogP contribution in [0.1, 0.15) is 48.2 Å². The average molecular weight is 564 g/mol. The van der Waals surface area contributed by atoms with E-state index >= 15 is 0 Å². The molecular weight excluding hydrogens is 534 g/mol. The van der Waals surface area contributed by atoms with Crippen LogP contribution in [0.3, 0.4) is 0 Å². The van der Waals surface area contributed by atoms with Gasteiger partial charge in [-0.25, -0.2) is 9.67 Å². The zero-order valence-electron chi connectivity index (χ0n) is 21.8. The van der Waals surface area contributed by atoms with E-state index in [0.29, 0.717) is 40.4 Å². The predicted octanol–water partition coefficient (Wildman–Crippen LogP) is 6.16. The van der Waals surface area contributed by atoms with E-state index in [9.17, 15) is 9.59 Å². The molecule has 1 aliphatic rings. The third-order valence-corrected chi connectivity index (χ3v) is 8.23. The van der Waals surface area contributed by atoms with Crippen molar-refractivity contribution in [2.24, 2.45) is 0 Å². The normalized spacial score (nSPS) is 13.5. The van der Waals surface area contributed by atoms with E-state index in [2.05, 4.69) is 4.98 Å². The van der Waals surface area contributed by atoms with Crippen molar-refractivity contribution in [1.82, 2.24) is 24.6 Å². The van der Waals surface area contributed by atoms with Gasteiger partial charge in [0.2, 0.25) is 5.91 Å². The van der Waals surface area contributed by atoms with Gasteiger partial charge < -0.3 is 9.64 Å². The summed E-state index contributed by atoms with van der Waals surface area (Å²) in [6.07, 6.45) is 8.00. The van der Waals surface area contributed by atoms with Crippen LogP contribution in [0.25, 0.3) is 22.8 Å². The molecule has 1 fully saturated rings. The smallest absolute Gasteiger partial charge is 0.223 e. The second-order valence-corrected chi connectivity index (χ2v) is 10.8. The van der Waals surface area contributed by atoms with E-state index in [1.165, 1.54) is 11.3 Å². The van der Waals surface area contributed by atoms with Gasteiger partial charge in [-0.3, -0.25) is 14.6 Å². The first-order chi connectivity index (χ1) is 19.0. The first-order valence-electron chi connectivity index (χ1n) is 13.1. The molecular formula is C29H30ClN5O3S. The Balaban J connectivity index is 1.38. The van der Waals surface area contributed by atoms with Crippen molar-refractivity contribution in [3.05, 3.63) is 70.1 Å². The highest BCUT2D eigenvalue weighted by Crippen LogP contribution is 2.31. The molecule has 202 valence electrons. The molecule has 1 aromatic carbocycles. The largest absolute Gasteiger partial charge is 0.495 e.